The molecule has 2 atom stereocenters. The molecule has 1 fully saturated rings. The fourth-order valence-electron chi connectivity index (χ4n) is 2.59. The van der Waals surface area contributed by atoms with Crippen molar-refractivity contribution in [1.29, 1.82) is 0 Å². The molecule has 1 saturated carbocycles. The minimum atomic E-state index is -0.787. The molecule has 0 radical (unpaired) electrons. The van der Waals surface area contributed by atoms with Crippen molar-refractivity contribution in [2.75, 3.05) is 0 Å². The lowest BCUT2D eigenvalue weighted by atomic mass is 9.90. The third-order valence-corrected chi connectivity index (χ3v) is 3.60. The summed E-state index contributed by atoms with van der Waals surface area (Å²) in [6, 6.07) is 4.76. The lowest BCUT2D eigenvalue weighted by Crippen LogP contribution is -2.39. The van der Waals surface area contributed by atoms with Gasteiger partial charge in [0.2, 0.25) is 0 Å². The minimum absolute atomic E-state index is 0.119. The Labute approximate surface area is 116 Å². The van der Waals surface area contributed by atoms with Crippen LogP contribution in [0.1, 0.15) is 5.69 Å². The molecule has 2 aliphatic rings. The Bertz CT molecular complexity index is 644. The zero-order valence-corrected chi connectivity index (χ0v) is 10.9. The maximum absolute atomic E-state index is 12.3. The molecule has 0 aliphatic heterocycles. The molecule has 2 aliphatic carbocycles. The fourth-order valence-corrected chi connectivity index (χ4v) is 2.59. The molecule has 1 heterocycles. The quantitative estimate of drug-likeness (QED) is 0.839. The van der Waals surface area contributed by atoms with Gasteiger partial charge in [-0.15, -0.1) is 0 Å². The number of carbonyl (C=O) groups excluding carboxylic acids is 2. The molecule has 0 spiro atoms. The van der Waals surface area contributed by atoms with E-state index in [1.807, 2.05) is 18.2 Å². The van der Waals surface area contributed by atoms with Crippen molar-refractivity contribution in [3.05, 3.63) is 66.0 Å². The summed E-state index contributed by atoms with van der Waals surface area (Å²) in [5.74, 6) is -0.748. The van der Waals surface area contributed by atoms with Crippen LogP contribution in [0.4, 0.5) is 0 Å². The summed E-state index contributed by atoms with van der Waals surface area (Å²) in [6.07, 6.45) is 6.94. The number of carbonyl (C=O) groups is 2. The number of allylic oxidation sites excluding steroid dienone is 4. The van der Waals surface area contributed by atoms with Crippen LogP contribution >= 0.6 is 0 Å². The van der Waals surface area contributed by atoms with E-state index < -0.39 is 12.0 Å². The Morgan fingerprint density at radius 3 is 2.85 bits per heavy atom. The summed E-state index contributed by atoms with van der Waals surface area (Å²) in [5, 5.41) is 3.00. The number of ketones is 2. The van der Waals surface area contributed by atoms with Crippen LogP contribution in [-0.4, -0.2) is 22.6 Å². The normalized spacial score (nSPS) is 24.8. The fraction of sp³-hybridized carbons (Fsp3) is 0.188. The van der Waals surface area contributed by atoms with Crippen molar-refractivity contribution in [3.63, 3.8) is 0 Å². The Kier molecular flexibility index (Phi) is 3.16. The zero-order valence-electron chi connectivity index (χ0n) is 10.9. The molecule has 0 saturated heterocycles. The highest BCUT2D eigenvalue weighted by Crippen LogP contribution is 2.33. The van der Waals surface area contributed by atoms with Gasteiger partial charge in [0.15, 0.2) is 11.6 Å². The topological polar surface area (TPSA) is 59.1 Å². The Hall–Kier alpha value is -2.33. The predicted molar refractivity (Wildman–Crippen MR) is 74.7 cm³/mol. The third-order valence-electron chi connectivity index (χ3n) is 3.60. The predicted octanol–water partition coefficient (Wildman–Crippen LogP) is 1.36. The average molecular weight is 266 g/mol. The average Bonchev–Trinajstić information content (AvgIpc) is 2.71. The van der Waals surface area contributed by atoms with Crippen molar-refractivity contribution < 1.29 is 9.59 Å². The second-order valence-electron chi connectivity index (χ2n) is 4.89. The maximum atomic E-state index is 12.3. The van der Waals surface area contributed by atoms with Gasteiger partial charge in [0.05, 0.1) is 11.6 Å². The van der Waals surface area contributed by atoms with Crippen LogP contribution in [0, 0.1) is 5.92 Å². The Balaban J connectivity index is 1.77. The summed E-state index contributed by atoms with van der Waals surface area (Å²) >= 11 is 0. The standard InChI is InChI=1S/C16H14N2O2/c1-10-5-4-7-12-13(10)16(20)14(15(12)19)18-9-11-6-2-3-8-17-11/h2-8,13-14,18H,1,9H2. The second-order valence-corrected chi connectivity index (χ2v) is 4.89. The second kappa shape index (κ2) is 4.98. The molecular weight excluding hydrogens is 252 g/mol. The highest BCUT2D eigenvalue weighted by Gasteiger charge is 2.46. The van der Waals surface area contributed by atoms with Crippen LogP contribution in [0.15, 0.2) is 60.3 Å². The summed E-state index contributed by atoms with van der Waals surface area (Å²) in [7, 11) is 0. The molecule has 20 heavy (non-hydrogen) atoms. The molecule has 1 aromatic rings. The smallest absolute Gasteiger partial charge is 0.184 e. The van der Waals surface area contributed by atoms with E-state index >= 15 is 0 Å². The largest absolute Gasteiger partial charge is 0.296 e. The molecule has 4 nitrogen and oxygen atoms in total. The van der Waals surface area contributed by atoms with Crippen molar-refractivity contribution in [3.8, 4) is 0 Å². The zero-order chi connectivity index (χ0) is 14.1. The molecule has 100 valence electrons. The van der Waals surface area contributed by atoms with Gasteiger partial charge >= 0.3 is 0 Å². The maximum Gasteiger partial charge on any atom is 0.184 e. The van der Waals surface area contributed by atoms with Crippen LogP contribution in [0.5, 0.6) is 0 Å². The summed E-state index contributed by atoms with van der Waals surface area (Å²) in [5.41, 5.74) is 2.03. The Morgan fingerprint density at radius 2 is 2.15 bits per heavy atom. The number of hydrogen-bond donors (Lipinski definition) is 1. The molecule has 4 heteroatoms. The SMILES string of the molecule is C=C1C=CC=C2C(=O)C(NCc3ccccn3)C(=O)C12. The van der Waals surface area contributed by atoms with Crippen LogP contribution in [0.25, 0.3) is 0 Å². The van der Waals surface area contributed by atoms with Crippen LogP contribution in [-0.2, 0) is 16.1 Å². The first kappa shape index (κ1) is 12.7. The first-order valence-corrected chi connectivity index (χ1v) is 6.47. The monoisotopic (exact) mass is 266 g/mol. The number of pyridine rings is 1. The van der Waals surface area contributed by atoms with E-state index in [1.54, 1.807) is 24.4 Å². The summed E-state index contributed by atoms with van der Waals surface area (Å²) in [4.78, 5) is 28.8. The molecular formula is C16H14N2O2. The van der Waals surface area contributed by atoms with Gasteiger partial charge in [-0.05, 0) is 17.7 Å². The van der Waals surface area contributed by atoms with E-state index in [4.69, 9.17) is 0 Å². The van der Waals surface area contributed by atoms with Gasteiger partial charge in [-0.2, -0.15) is 0 Å². The van der Waals surface area contributed by atoms with E-state index in [0.717, 1.165) is 5.69 Å². The first-order valence-electron chi connectivity index (χ1n) is 6.47. The van der Waals surface area contributed by atoms with E-state index in [0.29, 0.717) is 17.7 Å². The van der Waals surface area contributed by atoms with Crippen LogP contribution < -0.4 is 5.32 Å². The number of rotatable bonds is 3. The molecule has 2 unspecified atom stereocenters. The van der Waals surface area contributed by atoms with E-state index in [2.05, 4.69) is 16.9 Å². The van der Waals surface area contributed by atoms with E-state index in [1.165, 1.54) is 0 Å². The number of aromatic nitrogens is 1. The first-order chi connectivity index (χ1) is 9.68. The lowest BCUT2D eigenvalue weighted by molar-refractivity contribution is -0.125. The molecule has 3 rings (SSSR count). The molecule has 0 aromatic carbocycles. The summed E-state index contributed by atoms with van der Waals surface area (Å²) in [6.45, 7) is 4.25. The van der Waals surface area contributed by atoms with Gasteiger partial charge in [0, 0.05) is 18.3 Å². The summed E-state index contributed by atoms with van der Waals surface area (Å²) < 4.78 is 0. The van der Waals surface area contributed by atoms with Gasteiger partial charge in [-0.25, -0.2) is 0 Å². The lowest BCUT2D eigenvalue weighted by Gasteiger charge is -2.12. The highest BCUT2D eigenvalue weighted by atomic mass is 16.2. The highest BCUT2D eigenvalue weighted by molar-refractivity contribution is 6.25. The van der Waals surface area contributed by atoms with E-state index in [-0.39, 0.29) is 11.6 Å². The molecule has 1 aromatic heterocycles. The molecule has 0 bridgehead atoms. The number of nitrogens with zero attached hydrogens (tertiary/aromatic N) is 1. The van der Waals surface area contributed by atoms with Crippen molar-refractivity contribution >= 4 is 11.6 Å². The van der Waals surface area contributed by atoms with Crippen LogP contribution in [0.3, 0.4) is 0 Å². The van der Waals surface area contributed by atoms with Gasteiger partial charge in [0.1, 0.15) is 6.04 Å². The number of Topliss-reactive ketones (excluding diaryl/α,β-unsaturated/α-hetero) is 2. The number of fused-ring (bicyclic) bond motifs is 1. The van der Waals surface area contributed by atoms with Crippen molar-refractivity contribution in [2.24, 2.45) is 5.92 Å². The molecule has 0 amide bonds. The number of nitrogens with one attached hydrogen (secondary N) is 1. The third kappa shape index (κ3) is 2.04. The molecule has 1 N–H and O–H groups in total. The van der Waals surface area contributed by atoms with Crippen molar-refractivity contribution in [2.45, 2.75) is 12.6 Å². The minimum Gasteiger partial charge on any atom is -0.296 e. The van der Waals surface area contributed by atoms with Gasteiger partial charge < -0.3 is 0 Å². The Morgan fingerprint density at radius 1 is 1.30 bits per heavy atom. The van der Waals surface area contributed by atoms with Gasteiger partial charge in [-0.3, -0.25) is 19.9 Å². The van der Waals surface area contributed by atoms with Crippen LogP contribution in [0.2, 0.25) is 0 Å². The van der Waals surface area contributed by atoms with Gasteiger partial charge in [-0.1, -0.05) is 30.9 Å². The van der Waals surface area contributed by atoms with E-state index in [9.17, 15) is 9.59 Å². The number of hydrogen-bond acceptors (Lipinski definition) is 4. The van der Waals surface area contributed by atoms with Crippen molar-refractivity contribution in [1.82, 2.24) is 10.3 Å². The van der Waals surface area contributed by atoms with Gasteiger partial charge in [0.25, 0.3) is 0 Å².